The van der Waals surface area contributed by atoms with Crippen LogP contribution < -0.4 is 0 Å². The molecular weight excluding hydrogens is 310 g/mol. The van der Waals surface area contributed by atoms with E-state index in [0.29, 0.717) is 31.3 Å². The normalized spacial score (nSPS) is 30.2. The summed E-state index contributed by atoms with van der Waals surface area (Å²) in [5, 5.41) is 3.76. The number of methoxy groups -OCH3 is 1. The molecule has 1 aromatic heterocycles. The first kappa shape index (κ1) is 15.9. The van der Waals surface area contributed by atoms with E-state index in [1.807, 2.05) is 0 Å². The first-order chi connectivity index (χ1) is 10.5. The van der Waals surface area contributed by atoms with Crippen LogP contribution in [0.3, 0.4) is 0 Å². The molecule has 0 aliphatic carbocycles. The molecule has 0 unspecified atom stereocenters. The van der Waals surface area contributed by atoms with Crippen molar-refractivity contribution in [2.45, 2.75) is 44.4 Å². The molecule has 2 fully saturated rings. The van der Waals surface area contributed by atoms with Gasteiger partial charge in [0.25, 0.3) is 0 Å². The van der Waals surface area contributed by atoms with Crippen LogP contribution >= 0.6 is 0 Å². The van der Waals surface area contributed by atoms with Crippen molar-refractivity contribution in [3.8, 4) is 0 Å². The lowest BCUT2D eigenvalue weighted by Gasteiger charge is -2.22. The summed E-state index contributed by atoms with van der Waals surface area (Å²) >= 11 is 0. The minimum Gasteiger partial charge on any atom is -0.380 e. The van der Waals surface area contributed by atoms with Crippen LogP contribution in [-0.2, 0) is 19.5 Å². The number of aromatic nitrogens is 2. The number of sulfonamides is 1. The maximum atomic E-state index is 12.7. The van der Waals surface area contributed by atoms with Crippen molar-refractivity contribution in [1.29, 1.82) is 0 Å². The van der Waals surface area contributed by atoms with Crippen molar-refractivity contribution in [3.63, 3.8) is 0 Å². The van der Waals surface area contributed by atoms with Crippen molar-refractivity contribution in [2.75, 3.05) is 26.0 Å². The summed E-state index contributed by atoms with van der Waals surface area (Å²) in [5.41, 5.74) is 0. The molecule has 2 aliphatic rings. The Labute approximate surface area is 129 Å². The first-order valence-electron chi connectivity index (χ1n) is 7.43. The smallest absolute Gasteiger partial charge is 0.245 e. The number of nitrogens with zero attached hydrogens (tertiary/aromatic N) is 3. The van der Waals surface area contributed by atoms with Gasteiger partial charge in [-0.3, -0.25) is 0 Å². The Balaban J connectivity index is 1.81. The molecule has 9 heteroatoms. The van der Waals surface area contributed by atoms with E-state index in [0.717, 1.165) is 12.8 Å². The Bertz CT molecular complexity index is 611. The summed E-state index contributed by atoms with van der Waals surface area (Å²) in [6.07, 6.45) is 1.81. The van der Waals surface area contributed by atoms with Crippen LogP contribution in [0.1, 0.15) is 37.0 Å². The molecule has 3 heterocycles. The van der Waals surface area contributed by atoms with Gasteiger partial charge < -0.3 is 14.0 Å². The Morgan fingerprint density at radius 2 is 2.27 bits per heavy atom. The van der Waals surface area contributed by atoms with E-state index in [9.17, 15) is 8.42 Å². The molecule has 0 bridgehead atoms. The van der Waals surface area contributed by atoms with Crippen LogP contribution in [0.5, 0.6) is 0 Å². The standard InChI is InChI=1S/C13H21N3O5S/c1-9-14-13(21-15-9)12-6-11(19-2)7-16(12)22(17,18)8-10-4-3-5-20-10/h10-12H,3-8H2,1-2H3/t10-,11+,12-/m1/s1. The third-order valence-corrected chi connectivity index (χ3v) is 6.07. The van der Waals surface area contributed by atoms with E-state index in [4.69, 9.17) is 14.0 Å². The molecule has 3 atom stereocenters. The van der Waals surface area contributed by atoms with Gasteiger partial charge in [-0.25, -0.2) is 8.42 Å². The van der Waals surface area contributed by atoms with Gasteiger partial charge in [0, 0.05) is 26.7 Å². The van der Waals surface area contributed by atoms with Crippen LogP contribution in [0.25, 0.3) is 0 Å². The average molecular weight is 331 g/mol. The Morgan fingerprint density at radius 1 is 1.45 bits per heavy atom. The second-order valence-corrected chi connectivity index (χ2v) is 7.74. The average Bonchev–Trinajstić information content (AvgIpc) is 3.17. The van der Waals surface area contributed by atoms with Gasteiger partial charge in [-0.05, 0) is 19.8 Å². The summed E-state index contributed by atoms with van der Waals surface area (Å²) in [4.78, 5) is 4.19. The zero-order chi connectivity index (χ0) is 15.7. The van der Waals surface area contributed by atoms with Gasteiger partial charge in [0.05, 0.1) is 18.0 Å². The predicted molar refractivity (Wildman–Crippen MR) is 76.7 cm³/mol. The van der Waals surface area contributed by atoms with Gasteiger partial charge in [0.15, 0.2) is 5.82 Å². The highest BCUT2D eigenvalue weighted by molar-refractivity contribution is 7.89. The molecule has 3 rings (SSSR count). The van der Waals surface area contributed by atoms with Crippen LogP contribution in [0.2, 0.25) is 0 Å². The van der Waals surface area contributed by atoms with Crippen LogP contribution in [0, 0.1) is 6.92 Å². The van der Waals surface area contributed by atoms with Crippen molar-refractivity contribution >= 4 is 10.0 Å². The lowest BCUT2D eigenvalue weighted by Crippen LogP contribution is -2.37. The van der Waals surface area contributed by atoms with Gasteiger partial charge in [-0.2, -0.15) is 9.29 Å². The largest absolute Gasteiger partial charge is 0.380 e. The molecule has 0 N–H and O–H groups in total. The van der Waals surface area contributed by atoms with E-state index in [1.165, 1.54) is 4.31 Å². The highest BCUT2D eigenvalue weighted by Crippen LogP contribution is 2.35. The predicted octanol–water partition coefficient (Wildman–Crippen LogP) is 0.649. The van der Waals surface area contributed by atoms with Gasteiger partial charge in [-0.15, -0.1) is 0 Å². The maximum Gasteiger partial charge on any atom is 0.245 e. The molecule has 8 nitrogen and oxygen atoms in total. The third-order valence-electron chi connectivity index (χ3n) is 4.16. The van der Waals surface area contributed by atoms with Crippen LogP contribution in [0.15, 0.2) is 4.52 Å². The summed E-state index contributed by atoms with van der Waals surface area (Å²) in [6, 6.07) is -0.461. The fourth-order valence-electron chi connectivity index (χ4n) is 3.03. The summed E-state index contributed by atoms with van der Waals surface area (Å²) < 4.78 is 42.9. The molecule has 22 heavy (non-hydrogen) atoms. The zero-order valence-electron chi connectivity index (χ0n) is 12.8. The molecule has 2 saturated heterocycles. The fraction of sp³-hybridized carbons (Fsp3) is 0.846. The van der Waals surface area contributed by atoms with E-state index in [2.05, 4.69) is 10.1 Å². The number of aryl methyl sites for hydroxylation is 1. The van der Waals surface area contributed by atoms with Crippen molar-refractivity contribution in [2.24, 2.45) is 0 Å². The van der Waals surface area contributed by atoms with Gasteiger partial charge in [0.1, 0.15) is 6.04 Å². The van der Waals surface area contributed by atoms with Gasteiger partial charge in [-0.1, -0.05) is 5.16 Å². The Kier molecular flexibility index (Phi) is 4.49. The minimum absolute atomic E-state index is 0.00689. The topological polar surface area (TPSA) is 94.8 Å². The first-order valence-corrected chi connectivity index (χ1v) is 9.04. The highest BCUT2D eigenvalue weighted by atomic mass is 32.2. The number of hydrogen-bond acceptors (Lipinski definition) is 7. The van der Waals surface area contributed by atoms with Crippen molar-refractivity contribution < 1.29 is 22.4 Å². The molecule has 0 spiro atoms. The van der Waals surface area contributed by atoms with E-state index >= 15 is 0 Å². The molecule has 2 aliphatic heterocycles. The second-order valence-electron chi connectivity index (χ2n) is 5.77. The fourth-order valence-corrected chi connectivity index (χ4v) is 4.91. The number of hydrogen-bond donors (Lipinski definition) is 0. The monoisotopic (exact) mass is 331 g/mol. The minimum atomic E-state index is -3.47. The molecule has 0 saturated carbocycles. The third kappa shape index (κ3) is 3.17. The molecular formula is C13H21N3O5S. The summed E-state index contributed by atoms with van der Waals surface area (Å²) in [6.45, 7) is 2.64. The van der Waals surface area contributed by atoms with Crippen LogP contribution in [0.4, 0.5) is 0 Å². The summed E-state index contributed by atoms with van der Waals surface area (Å²) in [7, 11) is -1.89. The second kappa shape index (κ2) is 6.23. The molecule has 0 radical (unpaired) electrons. The Morgan fingerprint density at radius 3 is 2.86 bits per heavy atom. The number of rotatable bonds is 5. The van der Waals surface area contributed by atoms with Crippen molar-refractivity contribution in [1.82, 2.24) is 14.4 Å². The molecule has 0 amide bonds. The molecule has 124 valence electrons. The summed E-state index contributed by atoms with van der Waals surface area (Å²) in [5.74, 6) is 0.813. The SMILES string of the molecule is CO[C@H]1C[C@H](c2nc(C)no2)N(S(=O)(=O)C[C@H]2CCCO2)C1. The van der Waals surface area contributed by atoms with Gasteiger partial charge >= 0.3 is 0 Å². The highest BCUT2D eigenvalue weighted by Gasteiger charge is 2.44. The van der Waals surface area contributed by atoms with E-state index in [-0.39, 0.29) is 18.0 Å². The molecule has 0 aromatic carbocycles. The van der Waals surface area contributed by atoms with E-state index in [1.54, 1.807) is 14.0 Å². The van der Waals surface area contributed by atoms with Gasteiger partial charge in [0.2, 0.25) is 15.9 Å². The van der Waals surface area contributed by atoms with Crippen molar-refractivity contribution in [3.05, 3.63) is 11.7 Å². The maximum absolute atomic E-state index is 12.7. The lowest BCUT2D eigenvalue weighted by molar-refractivity contribution is 0.113. The van der Waals surface area contributed by atoms with E-state index < -0.39 is 16.1 Å². The Hall–Kier alpha value is -1.03. The van der Waals surface area contributed by atoms with Crippen LogP contribution in [-0.4, -0.2) is 61.1 Å². The lowest BCUT2D eigenvalue weighted by atomic mass is 10.2. The number of ether oxygens (including phenoxy) is 2. The quantitative estimate of drug-likeness (QED) is 0.781. The molecule has 1 aromatic rings. The zero-order valence-corrected chi connectivity index (χ0v) is 13.6.